The third kappa shape index (κ3) is 4.03. The van der Waals surface area contributed by atoms with Gasteiger partial charge in [0.05, 0.1) is 16.8 Å². The van der Waals surface area contributed by atoms with E-state index in [9.17, 15) is 4.79 Å². The third-order valence-corrected chi connectivity index (χ3v) is 2.97. The number of ether oxygens (including phenoxy) is 1. The topological polar surface area (TPSA) is 42.9 Å². The molecule has 0 radical (unpaired) electrons. The fraction of sp³-hybridized carbons (Fsp3) is 0.909. The normalized spacial score (nSPS) is 24.9. The molecular weight excluding hydrogens is 210 g/mol. The van der Waals surface area contributed by atoms with E-state index in [1.54, 1.807) is 0 Å². The van der Waals surface area contributed by atoms with Crippen LogP contribution in [0.3, 0.4) is 0 Å². The van der Waals surface area contributed by atoms with Crippen LogP contribution in [0.4, 0.5) is 0 Å². The summed E-state index contributed by atoms with van der Waals surface area (Å²) in [6, 6.07) is 0. The zero-order chi connectivity index (χ0) is 11.7. The van der Waals surface area contributed by atoms with Crippen LogP contribution < -0.4 is 5.32 Å². The highest BCUT2D eigenvalue weighted by Crippen LogP contribution is 2.24. The lowest BCUT2D eigenvalue weighted by molar-refractivity contribution is -0.789. The van der Waals surface area contributed by atoms with Crippen molar-refractivity contribution in [2.24, 2.45) is 0 Å². The van der Waals surface area contributed by atoms with Crippen molar-refractivity contribution in [3.05, 3.63) is 0 Å². The second kappa shape index (κ2) is 4.34. The van der Waals surface area contributed by atoms with Crippen LogP contribution in [-0.4, -0.2) is 28.9 Å². The van der Waals surface area contributed by atoms with Crippen LogP contribution in [0, 0.1) is 0 Å². The zero-order valence-corrected chi connectivity index (χ0v) is 10.9. The predicted octanol–water partition coefficient (Wildman–Crippen LogP) is 0.742. The Kier molecular flexibility index (Phi) is 3.71. The maximum Gasteiger partial charge on any atom is 0.315 e. The highest BCUT2D eigenvalue weighted by molar-refractivity contribution is 7.81. The Labute approximate surface area is 97.4 Å². The molecule has 1 fully saturated rings. The van der Waals surface area contributed by atoms with Gasteiger partial charge in [0.25, 0.3) is 0 Å². The summed E-state index contributed by atoms with van der Waals surface area (Å²) in [7, 11) is 0. The molecule has 2 N–H and O–H groups in total. The highest BCUT2D eigenvalue weighted by Gasteiger charge is 2.43. The Balaban J connectivity index is 2.63. The molecule has 4 heteroatoms. The molecule has 0 bridgehead atoms. The lowest BCUT2D eigenvalue weighted by Gasteiger charge is -2.42. The van der Waals surface area contributed by atoms with Crippen molar-refractivity contribution in [1.82, 2.24) is 0 Å². The molecule has 0 atom stereocenters. The molecule has 0 unspecified atom stereocenters. The SMILES string of the molecule is CC1(C)CC(OC(=O)CS)CC(C)(C)[NH2+]1. The molecule has 1 heterocycles. The molecule has 0 aromatic rings. The van der Waals surface area contributed by atoms with Crippen molar-refractivity contribution in [1.29, 1.82) is 0 Å². The van der Waals surface area contributed by atoms with Gasteiger partial charge in [-0.2, -0.15) is 12.6 Å². The minimum absolute atomic E-state index is 0.0413. The number of thiol groups is 1. The average molecular weight is 232 g/mol. The number of hydrogen-bond donors (Lipinski definition) is 2. The third-order valence-electron chi connectivity index (χ3n) is 2.72. The van der Waals surface area contributed by atoms with Crippen molar-refractivity contribution >= 4 is 18.6 Å². The monoisotopic (exact) mass is 232 g/mol. The van der Waals surface area contributed by atoms with Crippen LogP contribution in [0.15, 0.2) is 0 Å². The van der Waals surface area contributed by atoms with Crippen LogP contribution in [0.2, 0.25) is 0 Å². The van der Waals surface area contributed by atoms with E-state index < -0.39 is 0 Å². The zero-order valence-electron chi connectivity index (χ0n) is 10.0. The number of carbonyl (C=O) groups is 1. The summed E-state index contributed by atoms with van der Waals surface area (Å²) in [5, 5.41) is 2.37. The standard InChI is InChI=1S/C11H21NO2S/c1-10(2)5-8(14-9(13)7-15)6-11(3,4)12-10/h8,12,15H,5-7H2,1-4H3/p+1. The van der Waals surface area contributed by atoms with Crippen molar-refractivity contribution in [2.45, 2.75) is 57.7 Å². The number of hydrogen-bond acceptors (Lipinski definition) is 3. The predicted molar refractivity (Wildman–Crippen MR) is 63.1 cm³/mol. The largest absolute Gasteiger partial charge is 0.461 e. The second-order valence-corrected chi connectivity index (χ2v) is 6.12. The van der Waals surface area contributed by atoms with Gasteiger partial charge < -0.3 is 10.1 Å². The molecule has 0 amide bonds. The molecule has 0 aromatic heterocycles. The van der Waals surface area contributed by atoms with Gasteiger partial charge in [-0.25, -0.2) is 0 Å². The van der Waals surface area contributed by atoms with Gasteiger partial charge in [-0.15, -0.1) is 0 Å². The summed E-state index contributed by atoms with van der Waals surface area (Å²) in [6.07, 6.45) is 1.87. The number of rotatable bonds is 2. The smallest absolute Gasteiger partial charge is 0.315 e. The Hall–Kier alpha value is -0.220. The Morgan fingerprint density at radius 1 is 1.33 bits per heavy atom. The van der Waals surface area contributed by atoms with Gasteiger partial charge in [0.2, 0.25) is 0 Å². The average Bonchev–Trinajstić information content (AvgIpc) is 1.97. The lowest BCUT2D eigenvalue weighted by atomic mass is 9.81. The molecule has 88 valence electrons. The molecule has 1 rings (SSSR count). The quantitative estimate of drug-likeness (QED) is 0.545. The van der Waals surface area contributed by atoms with E-state index in [1.807, 2.05) is 0 Å². The number of esters is 1. The second-order valence-electron chi connectivity index (χ2n) is 5.80. The molecular formula is C11H22NO2S+. The van der Waals surface area contributed by atoms with E-state index >= 15 is 0 Å². The van der Waals surface area contributed by atoms with Gasteiger partial charge in [-0.3, -0.25) is 4.79 Å². The van der Waals surface area contributed by atoms with E-state index in [2.05, 4.69) is 45.6 Å². The van der Waals surface area contributed by atoms with Gasteiger partial charge in [0, 0.05) is 12.8 Å². The first-order valence-corrected chi connectivity index (χ1v) is 6.05. The Morgan fingerprint density at radius 2 is 1.80 bits per heavy atom. The van der Waals surface area contributed by atoms with Gasteiger partial charge in [0.1, 0.15) is 6.10 Å². The highest BCUT2D eigenvalue weighted by atomic mass is 32.1. The first kappa shape index (κ1) is 12.8. The van der Waals surface area contributed by atoms with Gasteiger partial charge >= 0.3 is 5.97 Å². The van der Waals surface area contributed by atoms with Gasteiger partial charge in [-0.1, -0.05) is 0 Å². The lowest BCUT2D eigenvalue weighted by Crippen LogP contribution is -3.06. The van der Waals surface area contributed by atoms with Crippen molar-refractivity contribution in [3.63, 3.8) is 0 Å². The number of quaternary nitrogens is 1. The molecule has 1 saturated heterocycles. The van der Waals surface area contributed by atoms with Crippen LogP contribution in [0.5, 0.6) is 0 Å². The maximum atomic E-state index is 11.2. The van der Waals surface area contributed by atoms with E-state index in [0.29, 0.717) is 0 Å². The van der Waals surface area contributed by atoms with Gasteiger partial charge in [0.15, 0.2) is 0 Å². The van der Waals surface area contributed by atoms with Crippen LogP contribution >= 0.6 is 12.6 Å². The Morgan fingerprint density at radius 3 is 2.20 bits per heavy atom. The van der Waals surface area contributed by atoms with E-state index in [1.165, 1.54) is 0 Å². The summed E-state index contributed by atoms with van der Waals surface area (Å²) < 4.78 is 5.38. The van der Waals surface area contributed by atoms with E-state index in [4.69, 9.17) is 4.74 Å². The summed E-state index contributed by atoms with van der Waals surface area (Å²) in [5.41, 5.74) is 0.284. The molecule has 0 aromatic carbocycles. The number of carbonyl (C=O) groups excluding carboxylic acids is 1. The maximum absolute atomic E-state index is 11.2. The summed E-state index contributed by atoms with van der Waals surface area (Å²) in [6.45, 7) is 8.76. The minimum atomic E-state index is -0.211. The van der Waals surface area contributed by atoms with Crippen LogP contribution in [0.1, 0.15) is 40.5 Å². The fourth-order valence-electron chi connectivity index (χ4n) is 2.73. The fourth-order valence-corrected chi connectivity index (χ4v) is 2.80. The molecule has 1 aliphatic heterocycles. The summed E-state index contributed by atoms with van der Waals surface area (Å²) in [5.74, 6) is -0.0435. The van der Waals surface area contributed by atoms with E-state index in [-0.39, 0.29) is 28.9 Å². The van der Waals surface area contributed by atoms with E-state index in [0.717, 1.165) is 12.8 Å². The molecule has 15 heavy (non-hydrogen) atoms. The van der Waals surface area contributed by atoms with Gasteiger partial charge in [-0.05, 0) is 27.7 Å². The van der Waals surface area contributed by atoms with Crippen LogP contribution in [-0.2, 0) is 9.53 Å². The Bertz CT molecular complexity index is 235. The molecule has 0 spiro atoms. The molecule has 0 aliphatic carbocycles. The first-order valence-electron chi connectivity index (χ1n) is 5.41. The number of piperidine rings is 1. The van der Waals surface area contributed by atoms with Crippen molar-refractivity contribution in [3.8, 4) is 0 Å². The molecule has 1 aliphatic rings. The van der Waals surface area contributed by atoms with Crippen LogP contribution in [0.25, 0.3) is 0 Å². The summed E-state index contributed by atoms with van der Waals surface area (Å²) in [4.78, 5) is 11.2. The molecule has 3 nitrogen and oxygen atoms in total. The summed E-state index contributed by atoms with van der Waals surface area (Å²) >= 11 is 3.92. The van der Waals surface area contributed by atoms with Crippen molar-refractivity contribution < 1.29 is 14.8 Å². The van der Waals surface area contributed by atoms with Crippen molar-refractivity contribution in [2.75, 3.05) is 5.75 Å². The first-order chi connectivity index (χ1) is 6.74. The minimum Gasteiger partial charge on any atom is -0.461 e. The number of nitrogens with two attached hydrogens (primary N) is 1. The molecule has 0 saturated carbocycles.